The summed E-state index contributed by atoms with van der Waals surface area (Å²) in [6.07, 6.45) is 0. The third kappa shape index (κ3) is 2.44. The van der Waals surface area contributed by atoms with E-state index in [1.54, 1.807) is 30.3 Å². The highest BCUT2D eigenvalue weighted by molar-refractivity contribution is 6.38. The minimum Gasteiger partial charge on any atom is -0.478 e. The van der Waals surface area contributed by atoms with Gasteiger partial charge in [-0.2, -0.15) is 0 Å². The molecule has 0 aromatic heterocycles. The Kier molecular flexibility index (Phi) is 3.53. The van der Waals surface area contributed by atoms with E-state index in [9.17, 15) is 9.59 Å². The minimum absolute atomic E-state index is 0.0336. The number of anilines is 1. The Morgan fingerprint density at radius 3 is 2.26 bits per heavy atom. The Labute approximate surface area is 114 Å². The second-order valence-corrected chi connectivity index (χ2v) is 4.27. The lowest BCUT2D eigenvalue weighted by atomic mass is 9.97. The standard InChI is InChI=1S/C14H10ClNO3/c15-12-10(16)7-6-9(14(18)19)11(12)13(17)8-4-2-1-3-5-8/h1-7H,16H2,(H,18,19). The minimum atomic E-state index is -1.22. The second kappa shape index (κ2) is 5.12. The van der Waals surface area contributed by atoms with Crippen LogP contribution in [-0.2, 0) is 0 Å². The van der Waals surface area contributed by atoms with Gasteiger partial charge in [-0.1, -0.05) is 41.9 Å². The van der Waals surface area contributed by atoms with Gasteiger partial charge in [0.25, 0.3) is 0 Å². The molecular formula is C14H10ClNO3. The van der Waals surface area contributed by atoms with Crippen LogP contribution >= 0.6 is 11.6 Å². The number of hydrogen-bond acceptors (Lipinski definition) is 3. The number of carbonyl (C=O) groups excluding carboxylic acids is 1. The van der Waals surface area contributed by atoms with E-state index in [-0.39, 0.29) is 21.8 Å². The maximum Gasteiger partial charge on any atom is 0.336 e. The number of nitrogen functional groups attached to an aromatic ring is 1. The Morgan fingerprint density at radius 2 is 1.68 bits per heavy atom. The molecule has 0 aliphatic heterocycles. The van der Waals surface area contributed by atoms with Crippen LogP contribution in [0.2, 0.25) is 5.02 Å². The van der Waals surface area contributed by atoms with Crippen LogP contribution in [0.1, 0.15) is 26.3 Å². The summed E-state index contributed by atoms with van der Waals surface area (Å²) in [7, 11) is 0. The lowest BCUT2D eigenvalue weighted by molar-refractivity contribution is 0.0693. The lowest BCUT2D eigenvalue weighted by Crippen LogP contribution is -2.11. The predicted octanol–water partition coefficient (Wildman–Crippen LogP) is 2.85. The van der Waals surface area contributed by atoms with Crippen LogP contribution in [0.5, 0.6) is 0 Å². The molecule has 0 heterocycles. The molecule has 0 radical (unpaired) electrons. The van der Waals surface area contributed by atoms with Gasteiger partial charge < -0.3 is 10.8 Å². The van der Waals surface area contributed by atoms with Gasteiger partial charge in [-0.25, -0.2) is 4.79 Å². The molecule has 0 aliphatic rings. The monoisotopic (exact) mass is 275 g/mol. The van der Waals surface area contributed by atoms with Gasteiger partial charge in [-0.05, 0) is 12.1 Å². The fourth-order valence-corrected chi connectivity index (χ4v) is 1.98. The van der Waals surface area contributed by atoms with Crippen LogP contribution in [0, 0.1) is 0 Å². The molecule has 2 aromatic carbocycles. The van der Waals surface area contributed by atoms with Crippen LogP contribution < -0.4 is 5.73 Å². The van der Waals surface area contributed by atoms with Gasteiger partial charge in [0.2, 0.25) is 0 Å². The topological polar surface area (TPSA) is 80.4 Å². The maximum absolute atomic E-state index is 12.3. The van der Waals surface area contributed by atoms with Crippen molar-refractivity contribution >= 4 is 29.0 Å². The van der Waals surface area contributed by atoms with Gasteiger partial charge >= 0.3 is 5.97 Å². The van der Waals surface area contributed by atoms with Crippen LogP contribution in [0.4, 0.5) is 5.69 Å². The number of aromatic carboxylic acids is 1. The molecule has 0 saturated heterocycles. The van der Waals surface area contributed by atoms with Crippen LogP contribution in [-0.4, -0.2) is 16.9 Å². The summed E-state index contributed by atoms with van der Waals surface area (Å²) in [5.74, 6) is -1.68. The predicted molar refractivity (Wildman–Crippen MR) is 72.7 cm³/mol. The van der Waals surface area contributed by atoms with E-state index in [1.165, 1.54) is 12.1 Å². The molecule has 4 nitrogen and oxygen atoms in total. The second-order valence-electron chi connectivity index (χ2n) is 3.89. The number of carboxylic acids is 1. The summed E-state index contributed by atoms with van der Waals surface area (Å²) in [5.41, 5.74) is 5.92. The largest absolute Gasteiger partial charge is 0.478 e. The molecule has 0 unspecified atom stereocenters. The van der Waals surface area contributed by atoms with Crippen molar-refractivity contribution in [2.45, 2.75) is 0 Å². The first-order valence-electron chi connectivity index (χ1n) is 5.43. The molecule has 0 fully saturated rings. The summed E-state index contributed by atoms with van der Waals surface area (Å²) >= 11 is 5.98. The third-order valence-corrected chi connectivity index (χ3v) is 3.07. The molecule has 0 atom stereocenters. The number of ketones is 1. The van der Waals surface area contributed by atoms with Crippen molar-refractivity contribution in [1.82, 2.24) is 0 Å². The molecule has 0 aliphatic carbocycles. The fraction of sp³-hybridized carbons (Fsp3) is 0. The van der Waals surface area contributed by atoms with Crippen LogP contribution in [0.3, 0.4) is 0 Å². The van der Waals surface area contributed by atoms with Gasteiger partial charge in [0.1, 0.15) is 0 Å². The molecule has 0 amide bonds. The summed E-state index contributed by atoms with van der Waals surface area (Å²) in [6, 6.07) is 11.0. The SMILES string of the molecule is Nc1ccc(C(=O)O)c(C(=O)c2ccccc2)c1Cl. The fourth-order valence-electron chi connectivity index (χ4n) is 1.73. The van der Waals surface area contributed by atoms with Gasteiger partial charge in [0, 0.05) is 5.56 Å². The zero-order valence-corrected chi connectivity index (χ0v) is 10.5. The van der Waals surface area contributed by atoms with E-state index < -0.39 is 11.8 Å². The van der Waals surface area contributed by atoms with Crippen LogP contribution in [0.15, 0.2) is 42.5 Å². The normalized spacial score (nSPS) is 10.2. The number of carbonyl (C=O) groups is 2. The Bertz CT molecular complexity index is 653. The molecular weight excluding hydrogens is 266 g/mol. The van der Waals surface area contributed by atoms with Crippen molar-refractivity contribution < 1.29 is 14.7 Å². The van der Waals surface area contributed by atoms with Crippen molar-refractivity contribution in [2.24, 2.45) is 0 Å². The summed E-state index contributed by atoms with van der Waals surface area (Å²) in [6.45, 7) is 0. The van der Waals surface area contributed by atoms with E-state index in [0.29, 0.717) is 5.56 Å². The number of nitrogens with two attached hydrogens (primary N) is 1. The summed E-state index contributed by atoms with van der Waals surface area (Å²) in [5, 5.41) is 9.09. The Balaban J connectivity index is 2.64. The van der Waals surface area contributed by atoms with E-state index in [0.717, 1.165) is 0 Å². The Morgan fingerprint density at radius 1 is 1.05 bits per heavy atom. The molecule has 0 bridgehead atoms. The first kappa shape index (κ1) is 13.1. The number of benzene rings is 2. The molecule has 3 N–H and O–H groups in total. The van der Waals surface area contributed by atoms with E-state index in [4.69, 9.17) is 22.4 Å². The van der Waals surface area contributed by atoms with Crippen LogP contribution in [0.25, 0.3) is 0 Å². The average molecular weight is 276 g/mol. The molecule has 0 saturated carbocycles. The zero-order chi connectivity index (χ0) is 14.0. The molecule has 0 spiro atoms. The highest BCUT2D eigenvalue weighted by Crippen LogP contribution is 2.29. The first-order valence-corrected chi connectivity index (χ1v) is 5.81. The molecule has 96 valence electrons. The zero-order valence-electron chi connectivity index (χ0n) is 9.76. The van der Waals surface area contributed by atoms with Gasteiger partial charge in [-0.15, -0.1) is 0 Å². The number of hydrogen-bond donors (Lipinski definition) is 2. The van der Waals surface area contributed by atoms with Crippen molar-refractivity contribution in [2.75, 3.05) is 5.73 Å². The summed E-state index contributed by atoms with van der Waals surface area (Å²) < 4.78 is 0. The maximum atomic E-state index is 12.3. The van der Waals surface area contributed by atoms with E-state index in [2.05, 4.69) is 0 Å². The van der Waals surface area contributed by atoms with Gasteiger partial charge in [0.05, 0.1) is 21.8 Å². The number of halogens is 1. The molecule has 5 heteroatoms. The molecule has 19 heavy (non-hydrogen) atoms. The van der Waals surface area contributed by atoms with Gasteiger partial charge in [-0.3, -0.25) is 4.79 Å². The number of rotatable bonds is 3. The average Bonchev–Trinajstić information content (AvgIpc) is 2.41. The quantitative estimate of drug-likeness (QED) is 0.667. The van der Waals surface area contributed by atoms with Crippen molar-refractivity contribution in [3.8, 4) is 0 Å². The van der Waals surface area contributed by atoms with Crippen molar-refractivity contribution in [3.63, 3.8) is 0 Å². The van der Waals surface area contributed by atoms with E-state index >= 15 is 0 Å². The van der Waals surface area contributed by atoms with Crippen molar-refractivity contribution in [1.29, 1.82) is 0 Å². The molecule has 2 aromatic rings. The van der Waals surface area contributed by atoms with Crippen molar-refractivity contribution in [3.05, 3.63) is 64.2 Å². The highest BCUT2D eigenvalue weighted by Gasteiger charge is 2.22. The lowest BCUT2D eigenvalue weighted by Gasteiger charge is -2.09. The Hall–Kier alpha value is -2.33. The van der Waals surface area contributed by atoms with E-state index in [1.807, 2.05) is 0 Å². The summed E-state index contributed by atoms with van der Waals surface area (Å²) in [4.78, 5) is 23.5. The number of carboxylic acid groups (broad SMARTS) is 1. The first-order chi connectivity index (χ1) is 9.02. The third-order valence-electron chi connectivity index (χ3n) is 2.67. The molecule has 2 rings (SSSR count). The highest BCUT2D eigenvalue weighted by atomic mass is 35.5. The smallest absolute Gasteiger partial charge is 0.336 e. The van der Waals surface area contributed by atoms with Gasteiger partial charge in [0.15, 0.2) is 5.78 Å².